The lowest BCUT2D eigenvalue weighted by molar-refractivity contribution is -0.136. The van der Waals surface area contributed by atoms with Crippen molar-refractivity contribution >= 4 is 29.2 Å². The topological polar surface area (TPSA) is 92.8 Å². The Balaban J connectivity index is 1.27. The Morgan fingerprint density at radius 2 is 1.89 bits per heavy atom. The number of aliphatic carboxylic acids is 1. The van der Waals surface area contributed by atoms with Gasteiger partial charge in [-0.1, -0.05) is 47.4 Å². The fourth-order valence-electron chi connectivity index (χ4n) is 5.56. The van der Waals surface area contributed by atoms with Gasteiger partial charge in [-0.25, -0.2) is 4.39 Å². The van der Waals surface area contributed by atoms with Crippen molar-refractivity contribution in [2.24, 2.45) is 5.41 Å². The summed E-state index contributed by atoms with van der Waals surface area (Å²) in [6.07, 6.45) is 6.86. The van der Waals surface area contributed by atoms with Gasteiger partial charge in [0.1, 0.15) is 17.3 Å². The van der Waals surface area contributed by atoms with Gasteiger partial charge in [0.05, 0.1) is 40.2 Å². The molecule has 2 fully saturated rings. The second kappa shape index (κ2) is 10.2. The molecule has 0 radical (unpaired) electrons. The van der Waals surface area contributed by atoms with Crippen molar-refractivity contribution in [1.29, 1.82) is 0 Å². The van der Waals surface area contributed by atoms with E-state index in [4.69, 9.17) is 37.6 Å². The molecular weight excluding hydrogens is 520 g/mol. The van der Waals surface area contributed by atoms with Crippen LogP contribution in [-0.4, -0.2) is 33.0 Å². The van der Waals surface area contributed by atoms with Crippen molar-refractivity contribution in [2.45, 2.75) is 82.5 Å². The van der Waals surface area contributed by atoms with E-state index in [9.17, 15) is 9.90 Å². The third-order valence-electron chi connectivity index (χ3n) is 8.18. The minimum absolute atomic E-state index is 0.117. The molecule has 6 nitrogen and oxygen atoms in total. The lowest BCUT2D eigenvalue weighted by Crippen LogP contribution is -2.50. The second-order valence-corrected chi connectivity index (χ2v) is 11.5. The number of carboxylic acid groups (broad SMARTS) is 1. The predicted molar refractivity (Wildman–Crippen MR) is 138 cm³/mol. The summed E-state index contributed by atoms with van der Waals surface area (Å²) in [5.41, 5.74) is 0.157. The van der Waals surface area contributed by atoms with E-state index in [1.165, 1.54) is 6.08 Å². The monoisotopic (exact) mass is 549 g/mol. The van der Waals surface area contributed by atoms with Gasteiger partial charge in [-0.3, -0.25) is 4.79 Å². The molecule has 0 aliphatic heterocycles. The van der Waals surface area contributed by atoms with Crippen molar-refractivity contribution in [3.63, 3.8) is 0 Å². The Hall–Kier alpha value is -2.19. The molecule has 5 rings (SSSR count). The third kappa shape index (κ3) is 5.11. The summed E-state index contributed by atoms with van der Waals surface area (Å²) in [6, 6.07) is 5.31. The molecule has 1 aromatic carbocycles. The quantitative estimate of drug-likeness (QED) is 0.356. The molecule has 9 heteroatoms. The SMILES string of the molecule is CC1(C2(O)CCC(OCc3c(-c4c(Cl)cccc4Cl)noc3C3CC3)CC2)CC=C(CC(=O)O)C=C1F. The van der Waals surface area contributed by atoms with Gasteiger partial charge in [0.25, 0.3) is 0 Å². The van der Waals surface area contributed by atoms with Crippen molar-refractivity contribution in [2.75, 3.05) is 0 Å². The lowest BCUT2D eigenvalue weighted by Gasteiger charge is -2.48. The van der Waals surface area contributed by atoms with Crippen molar-refractivity contribution < 1.29 is 28.7 Å². The molecule has 198 valence electrons. The van der Waals surface area contributed by atoms with Gasteiger partial charge in [-0.05, 0) is 68.7 Å². The standard InChI is InChI=1S/C28H30Cl2FNO5/c1-27(10-7-16(13-22(27)31)14-23(33)34)28(35)11-8-18(9-12-28)36-15-19-25(32-37-26(19)17-5-6-17)24-20(29)3-2-4-21(24)30/h2-4,7,13,17-18,35H,5-6,8-12,14-15H2,1H3,(H,33,34). The van der Waals surface area contributed by atoms with E-state index >= 15 is 4.39 Å². The minimum atomic E-state index is -1.24. The highest BCUT2D eigenvalue weighted by molar-refractivity contribution is 6.39. The summed E-state index contributed by atoms with van der Waals surface area (Å²) in [5, 5.41) is 25.8. The fourth-order valence-corrected chi connectivity index (χ4v) is 6.14. The Morgan fingerprint density at radius 3 is 2.49 bits per heavy atom. The molecule has 0 saturated heterocycles. The van der Waals surface area contributed by atoms with Gasteiger partial charge in [-0.2, -0.15) is 0 Å². The zero-order chi connectivity index (χ0) is 26.4. The molecule has 0 amide bonds. The number of allylic oxidation sites excluding steroid dienone is 2. The summed E-state index contributed by atoms with van der Waals surface area (Å²) in [6.45, 7) is 1.99. The van der Waals surface area contributed by atoms with Crippen LogP contribution in [0.5, 0.6) is 0 Å². The van der Waals surface area contributed by atoms with E-state index in [2.05, 4.69) is 5.16 Å². The smallest absolute Gasteiger partial charge is 0.307 e. The first-order chi connectivity index (χ1) is 17.6. The van der Waals surface area contributed by atoms with E-state index < -0.39 is 22.8 Å². The number of benzene rings is 1. The zero-order valence-corrected chi connectivity index (χ0v) is 22.1. The van der Waals surface area contributed by atoms with Gasteiger partial charge < -0.3 is 19.5 Å². The van der Waals surface area contributed by atoms with Crippen LogP contribution >= 0.6 is 23.2 Å². The largest absolute Gasteiger partial charge is 0.481 e. The predicted octanol–water partition coefficient (Wildman–Crippen LogP) is 7.38. The van der Waals surface area contributed by atoms with Crippen LogP contribution in [0.2, 0.25) is 10.0 Å². The highest BCUT2D eigenvalue weighted by Gasteiger charge is 2.52. The van der Waals surface area contributed by atoms with E-state index in [-0.39, 0.29) is 25.6 Å². The maximum atomic E-state index is 15.2. The van der Waals surface area contributed by atoms with Gasteiger partial charge >= 0.3 is 5.97 Å². The summed E-state index contributed by atoms with van der Waals surface area (Å²) >= 11 is 12.9. The molecule has 1 unspecified atom stereocenters. The molecule has 0 bridgehead atoms. The highest BCUT2D eigenvalue weighted by atomic mass is 35.5. The first-order valence-corrected chi connectivity index (χ1v) is 13.4. The molecule has 2 aromatic rings. The van der Waals surface area contributed by atoms with Gasteiger partial charge in [0.2, 0.25) is 0 Å². The van der Waals surface area contributed by atoms with Crippen molar-refractivity contribution in [3.8, 4) is 11.3 Å². The third-order valence-corrected chi connectivity index (χ3v) is 8.81. The molecule has 1 atom stereocenters. The second-order valence-electron chi connectivity index (χ2n) is 10.7. The number of aliphatic hydroxyl groups is 1. The van der Waals surface area contributed by atoms with Gasteiger partial charge in [-0.15, -0.1) is 0 Å². The van der Waals surface area contributed by atoms with E-state index in [0.29, 0.717) is 58.5 Å². The molecule has 1 heterocycles. The van der Waals surface area contributed by atoms with Crippen molar-refractivity contribution in [1.82, 2.24) is 5.16 Å². The number of hydrogen-bond donors (Lipinski definition) is 2. The lowest BCUT2D eigenvalue weighted by atomic mass is 9.62. The molecule has 3 aliphatic carbocycles. The van der Waals surface area contributed by atoms with E-state index in [0.717, 1.165) is 24.2 Å². The number of carboxylic acids is 1. The number of aromatic nitrogens is 1. The summed E-state index contributed by atoms with van der Waals surface area (Å²) in [7, 11) is 0. The highest BCUT2D eigenvalue weighted by Crippen LogP contribution is 2.52. The van der Waals surface area contributed by atoms with Gasteiger partial charge in [0.15, 0.2) is 0 Å². The van der Waals surface area contributed by atoms with Crippen LogP contribution in [0, 0.1) is 5.41 Å². The number of ether oxygens (including phenoxy) is 1. The maximum Gasteiger partial charge on any atom is 0.307 e. The van der Waals surface area contributed by atoms with Crippen LogP contribution in [0.1, 0.15) is 75.5 Å². The summed E-state index contributed by atoms with van der Waals surface area (Å²) in [5.74, 6) is -0.345. The van der Waals surface area contributed by atoms with Crippen molar-refractivity contribution in [3.05, 3.63) is 63.1 Å². The Morgan fingerprint density at radius 1 is 1.22 bits per heavy atom. The van der Waals surface area contributed by atoms with Crippen LogP contribution in [0.25, 0.3) is 11.3 Å². The van der Waals surface area contributed by atoms with Crippen LogP contribution in [0.3, 0.4) is 0 Å². The zero-order valence-electron chi connectivity index (χ0n) is 20.6. The summed E-state index contributed by atoms with van der Waals surface area (Å²) in [4.78, 5) is 11.0. The first kappa shape index (κ1) is 26.4. The van der Waals surface area contributed by atoms with Crippen LogP contribution < -0.4 is 0 Å². The average molecular weight is 550 g/mol. The fraction of sp³-hybridized carbons (Fsp3) is 0.500. The number of nitrogens with zero attached hydrogens (tertiary/aromatic N) is 1. The molecular formula is C28H30Cl2FNO5. The summed E-state index contributed by atoms with van der Waals surface area (Å²) < 4.78 is 27.2. The number of halogens is 3. The number of carbonyl (C=O) groups is 1. The molecule has 37 heavy (non-hydrogen) atoms. The van der Waals surface area contributed by atoms with Crippen LogP contribution in [0.4, 0.5) is 4.39 Å². The normalized spacial score (nSPS) is 28.1. The molecule has 2 saturated carbocycles. The Bertz CT molecular complexity index is 1240. The van der Waals surface area contributed by atoms with Crippen LogP contribution in [-0.2, 0) is 16.1 Å². The minimum Gasteiger partial charge on any atom is -0.481 e. The first-order valence-electron chi connectivity index (χ1n) is 12.7. The molecule has 3 aliphatic rings. The molecule has 0 spiro atoms. The van der Waals surface area contributed by atoms with Crippen LogP contribution in [0.15, 0.2) is 46.3 Å². The molecule has 2 N–H and O–H groups in total. The molecule has 1 aromatic heterocycles. The Labute approximate surface area is 225 Å². The van der Waals surface area contributed by atoms with E-state index in [1.54, 1.807) is 31.2 Å². The average Bonchev–Trinajstić information content (AvgIpc) is 3.61. The number of rotatable bonds is 8. The van der Waals surface area contributed by atoms with Gasteiger partial charge in [0, 0.05) is 17.0 Å². The number of hydrogen-bond acceptors (Lipinski definition) is 5. The van der Waals surface area contributed by atoms with E-state index in [1.807, 2.05) is 0 Å². The Kier molecular flexibility index (Phi) is 7.26. The maximum absolute atomic E-state index is 15.2.